The van der Waals surface area contributed by atoms with Crippen LogP contribution in [-0.2, 0) is 6.42 Å². The number of benzene rings is 2. The molecule has 2 aliphatic heterocycles. The lowest BCUT2D eigenvalue weighted by Gasteiger charge is -2.37. The molecule has 1 atom stereocenters. The number of hydrogen-bond donors (Lipinski definition) is 0. The smallest absolute Gasteiger partial charge is 0.314 e. The Morgan fingerprint density at radius 2 is 1.79 bits per heavy atom. The Morgan fingerprint density at radius 3 is 2.54 bits per heavy atom. The maximum atomic E-state index is 13.4. The van der Waals surface area contributed by atoms with Gasteiger partial charge in [0.05, 0.1) is 6.54 Å². The van der Waals surface area contributed by atoms with Crippen LogP contribution in [0.2, 0.25) is 0 Å². The van der Waals surface area contributed by atoms with Crippen molar-refractivity contribution in [2.24, 2.45) is 0 Å². The zero-order valence-corrected chi connectivity index (χ0v) is 13.4. The average molecular weight is 322 g/mol. The predicted octanol–water partition coefficient (Wildman–Crippen LogP) is 4.12. The molecule has 4 rings (SSSR count). The zero-order chi connectivity index (χ0) is 16.5. The first-order chi connectivity index (χ1) is 11.7. The number of carbonyl (C=O) groups is 1. The lowest BCUT2D eigenvalue weighted by molar-refractivity contribution is 0.214. The van der Waals surface area contributed by atoms with Gasteiger partial charge < -0.3 is 4.90 Å². The third-order valence-electron chi connectivity index (χ3n) is 4.80. The third kappa shape index (κ3) is 2.68. The maximum Gasteiger partial charge on any atom is 0.325 e. The van der Waals surface area contributed by atoms with Crippen molar-refractivity contribution in [3.63, 3.8) is 0 Å². The monoisotopic (exact) mass is 322 g/mol. The molecule has 0 aliphatic carbocycles. The van der Waals surface area contributed by atoms with Crippen LogP contribution in [0.4, 0.5) is 14.9 Å². The molecule has 2 heterocycles. The number of urea groups is 1. The van der Waals surface area contributed by atoms with E-state index >= 15 is 0 Å². The zero-order valence-electron chi connectivity index (χ0n) is 13.4. The highest BCUT2D eigenvalue weighted by Gasteiger charge is 2.32. The molecule has 2 amide bonds. The van der Waals surface area contributed by atoms with Gasteiger partial charge in [-0.25, -0.2) is 9.18 Å². The SMILES string of the molecule is O=C(N1CC=C(F)C1)N1CC(c2ccccc2)Cc2ccccc21. The van der Waals surface area contributed by atoms with Crippen LogP contribution in [0.25, 0.3) is 0 Å². The van der Waals surface area contributed by atoms with Crippen LogP contribution in [0.3, 0.4) is 0 Å². The Bertz CT molecular complexity index is 787. The van der Waals surface area contributed by atoms with Crippen molar-refractivity contribution in [1.82, 2.24) is 4.90 Å². The number of hydrogen-bond acceptors (Lipinski definition) is 1. The first kappa shape index (κ1) is 14.9. The summed E-state index contributed by atoms with van der Waals surface area (Å²) in [6, 6.07) is 18.2. The van der Waals surface area contributed by atoms with Gasteiger partial charge >= 0.3 is 6.03 Å². The second-order valence-corrected chi connectivity index (χ2v) is 6.37. The summed E-state index contributed by atoms with van der Waals surface area (Å²) in [6.07, 6.45) is 2.39. The summed E-state index contributed by atoms with van der Waals surface area (Å²) in [6.45, 7) is 1.05. The Morgan fingerprint density at radius 1 is 1.04 bits per heavy atom. The van der Waals surface area contributed by atoms with Crippen LogP contribution in [0.15, 0.2) is 66.5 Å². The quantitative estimate of drug-likeness (QED) is 0.774. The Balaban J connectivity index is 1.66. The molecule has 2 aliphatic rings. The summed E-state index contributed by atoms with van der Waals surface area (Å²) in [5.41, 5.74) is 3.34. The molecule has 0 N–H and O–H groups in total. The molecular formula is C20H19FN2O. The van der Waals surface area contributed by atoms with Crippen LogP contribution < -0.4 is 4.90 Å². The second-order valence-electron chi connectivity index (χ2n) is 6.37. The van der Waals surface area contributed by atoms with E-state index in [4.69, 9.17) is 0 Å². The summed E-state index contributed by atoms with van der Waals surface area (Å²) < 4.78 is 13.4. The fourth-order valence-corrected chi connectivity index (χ4v) is 3.56. The largest absolute Gasteiger partial charge is 0.325 e. The minimum atomic E-state index is -0.228. The topological polar surface area (TPSA) is 23.6 Å². The highest BCUT2D eigenvalue weighted by Crippen LogP contribution is 2.35. The van der Waals surface area contributed by atoms with Gasteiger partial charge in [-0.1, -0.05) is 48.5 Å². The fraction of sp³-hybridized carbons (Fsp3) is 0.250. The van der Waals surface area contributed by atoms with Crippen molar-refractivity contribution in [3.8, 4) is 0 Å². The van der Waals surface area contributed by atoms with Crippen molar-refractivity contribution in [3.05, 3.63) is 77.6 Å². The number of rotatable bonds is 1. The standard InChI is InChI=1S/C20H19FN2O/c21-18-10-11-22(14-18)20(24)23-13-17(15-6-2-1-3-7-15)12-16-8-4-5-9-19(16)23/h1-10,17H,11-14H2. The van der Waals surface area contributed by atoms with E-state index in [1.165, 1.54) is 17.2 Å². The Hall–Kier alpha value is -2.62. The number of nitrogens with zero attached hydrogens (tertiary/aromatic N) is 2. The van der Waals surface area contributed by atoms with E-state index in [1.54, 1.807) is 4.90 Å². The van der Waals surface area contributed by atoms with Crippen LogP contribution in [0.1, 0.15) is 17.0 Å². The summed E-state index contributed by atoms with van der Waals surface area (Å²) in [5.74, 6) is 0.0266. The molecule has 2 aromatic rings. The van der Waals surface area contributed by atoms with Gasteiger partial charge in [-0.15, -0.1) is 0 Å². The second kappa shape index (κ2) is 6.11. The van der Waals surface area contributed by atoms with Crippen LogP contribution >= 0.6 is 0 Å². The van der Waals surface area contributed by atoms with Crippen molar-refractivity contribution in [2.75, 3.05) is 24.5 Å². The van der Waals surface area contributed by atoms with E-state index in [2.05, 4.69) is 18.2 Å². The minimum Gasteiger partial charge on any atom is -0.314 e. The van der Waals surface area contributed by atoms with Gasteiger partial charge in [0.25, 0.3) is 0 Å². The summed E-state index contributed by atoms with van der Waals surface area (Å²) >= 11 is 0. The van der Waals surface area contributed by atoms with E-state index in [-0.39, 0.29) is 24.3 Å². The molecule has 4 heteroatoms. The van der Waals surface area contributed by atoms with Crippen molar-refractivity contribution in [2.45, 2.75) is 12.3 Å². The normalized spacial score (nSPS) is 19.9. The number of carbonyl (C=O) groups excluding carboxylic acids is 1. The van der Waals surface area contributed by atoms with E-state index < -0.39 is 0 Å². The molecular weight excluding hydrogens is 303 g/mol. The summed E-state index contributed by atoms with van der Waals surface area (Å²) in [7, 11) is 0. The Kier molecular flexibility index (Phi) is 3.81. The molecule has 0 spiro atoms. The lowest BCUT2D eigenvalue weighted by Crippen LogP contribution is -2.46. The average Bonchev–Trinajstić information content (AvgIpc) is 3.07. The highest BCUT2D eigenvalue weighted by molar-refractivity contribution is 5.94. The third-order valence-corrected chi connectivity index (χ3v) is 4.80. The highest BCUT2D eigenvalue weighted by atomic mass is 19.1. The van der Waals surface area contributed by atoms with Gasteiger partial charge in [0.15, 0.2) is 0 Å². The molecule has 0 aromatic heterocycles. The van der Waals surface area contributed by atoms with Gasteiger partial charge in [-0.3, -0.25) is 4.90 Å². The fourth-order valence-electron chi connectivity index (χ4n) is 3.56. The van der Waals surface area contributed by atoms with Crippen LogP contribution in [-0.4, -0.2) is 30.6 Å². The maximum absolute atomic E-state index is 13.4. The van der Waals surface area contributed by atoms with Crippen molar-refractivity contribution < 1.29 is 9.18 Å². The molecule has 0 radical (unpaired) electrons. The lowest BCUT2D eigenvalue weighted by atomic mass is 9.87. The summed E-state index contributed by atoms with van der Waals surface area (Å²) in [5, 5.41) is 0. The van der Waals surface area contributed by atoms with E-state index in [1.807, 2.05) is 41.3 Å². The molecule has 2 aromatic carbocycles. The van der Waals surface area contributed by atoms with Gasteiger partial charge in [0.2, 0.25) is 0 Å². The molecule has 3 nitrogen and oxygen atoms in total. The number of halogens is 1. The predicted molar refractivity (Wildman–Crippen MR) is 92.8 cm³/mol. The minimum absolute atomic E-state index is 0.0769. The Labute approximate surface area is 141 Å². The summed E-state index contributed by atoms with van der Waals surface area (Å²) in [4.78, 5) is 16.3. The van der Waals surface area contributed by atoms with Crippen LogP contribution in [0.5, 0.6) is 0 Å². The number of amides is 2. The number of anilines is 1. The van der Waals surface area contributed by atoms with Crippen molar-refractivity contribution in [1.29, 1.82) is 0 Å². The first-order valence-corrected chi connectivity index (χ1v) is 8.26. The van der Waals surface area contributed by atoms with Crippen LogP contribution in [0, 0.1) is 0 Å². The molecule has 122 valence electrons. The van der Waals surface area contributed by atoms with E-state index in [0.717, 1.165) is 12.1 Å². The number of fused-ring (bicyclic) bond motifs is 1. The number of para-hydroxylation sites is 1. The van der Waals surface area contributed by atoms with Gasteiger partial charge in [0, 0.05) is 24.7 Å². The van der Waals surface area contributed by atoms with E-state index in [0.29, 0.717) is 13.1 Å². The van der Waals surface area contributed by atoms with E-state index in [9.17, 15) is 9.18 Å². The molecule has 0 bridgehead atoms. The first-order valence-electron chi connectivity index (χ1n) is 8.26. The molecule has 24 heavy (non-hydrogen) atoms. The molecule has 1 unspecified atom stereocenters. The molecule has 0 saturated heterocycles. The van der Waals surface area contributed by atoms with Gasteiger partial charge in [0.1, 0.15) is 5.83 Å². The van der Waals surface area contributed by atoms with Crippen molar-refractivity contribution >= 4 is 11.7 Å². The van der Waals surface area contributed by atoms with Gasteiger partial charge in [-0.2, -0.15) is 0 Å². The molecule has 0 fully saturated rings. The van der Waals surface area contributed by atoms with Gasteiger partial charge in [-0.05, 0) is 29.7 Å². The molecule has 0 saturated carbocycles.